The van der Waals surface area contributed by atoms with Gasteiger partial charge in [-0.3, -0.25) is 4.79 Å². The molecule has 100 valence electrons. The van der Waals surface area contributed by atoms with Gasteiger partial charge in [0.1, 0.15) is 0 Å². The number of carbonyl (C=O) groups is 1. The molecule has 0 aromatic carbocycles. The molecule has 18 heavy (non-hydrogen) atoms. The minimum Gasteiger partial charge on any atom is -0.378 e. The SMILES string of the molecule is CCC1OCCC1CNC(=O)Cc1csc(N)n1. The Kier molecular flexibility index (Phi) is 4.54. The van der Waals surface area contributed by atoms with Crippen LogP contribution in [-0.2, 0) is 16.0 Å². The number of nitrogens with one attached hydrogen (secondary N) is 1. The van der Waals surface area contributed by atoms with Crippen LogP contribution in [0.4, 0.5) is 5.13 Å². The fourth-order valence-corrected chi connectivity index (χ4v) is 2.82. The third kappa shape index (κ3) is 3.43. The van der Waals surface area contributed by atoms with Gasteiger partial charge in [-0.1, -0.05) is 6.92 Å². The summed E-state index contributed by atoms with van der Waals surface area (Å²) in [7, 11) is 0. The third-order valence-electron chi connectivity index (χ3n) is 3.22. The summed E-state index contributed by atoms with van der Waals surface area (Å²) in [4.78, 5) is 15.8. The van der Waals surface area contributed by atoms with Gasteiger partial charge in [0.05, 0.1) is 18.2 Å². The smallest absolute Gasteiger partial charge is 0.226 e. The van der Waals surface area contributed by atoms with Gasteiger partial charge in [-0.2, -0.15) is 0 Å². The quantitative estimate of drug-likeness (QED) is 0.842. The highest BCUT2D eigenvalue weighted by Crippen LogP contribution is 2.22. The molecule has 1 fully saturated rings. The average Bonchev–Trinajstić information content (AvgIpc) is 2.95. The highest BCUT2D eigenvalue weighted by Gasteiger charge is 2.26. The second-order valence-electron chi connectivity index (χ2n) is 4.52. The van der Waals surface area contributed by atoms with Crippen LogP contribution in [0.3, 0.4) is 0 Å². The van der Waals surface area contributed by atoms with Gasteiger partial charge in [0.2, 0.25) is 5.91 Å². The summed E-state index contributed by atoms with van der Waals surface area (Å²) in [5, 5.41) is 5.28. The summed E-state index contributed by atoms with van der Waals surface area (Å²) >= 11 is 1.36. The van der Waals surface area contributed by atoms with E-state index in [1.165, 1.54) is 11.3 Å². The largest absolute Gasteiger partial charge is 0.378 e. The minimum absolute atomic E-state index is 0.00190. The molecule has 2 atom stereocenters. The molecule has 2 rings (SSSR count). The molecule has 1 aromatic heterocycles. The van der Waals surface area contributed by atoms with Crippen molar-refractivity contribution in [1.82, 2.24) is 10.3 Å². The van der Waals surface area contributed by atoms with Gasteiger partial charge in [0.25, 0.3) is 0 Å². The zero-order valence-corrected chi connectivity index (χ0v) is 11.3. The Bertz CT molecular complexity index is 408. The highest BCUT2D eigenvalue weighted by molar-refractivity contribution is 7.13. The van der Waals surface area contributed by atoms with Gasteiger partial charge in [-0.05, 0) is 12.8 Å². The third-order valence-corrected chi connectivity index (χ3v) is 3.94. The summed E-state index contributed by atoms with van der Waals surface area (Å²) in [6, 6.07) is 0. The zero-order valence-electron chi connectivity index (χ0n) is 10.5. The van der Waals surface area contributed by atoms with Gasteiger partial charge >= 0.3 is 0 Å². The summed E-state index contributed by atoms with van der Waals surface area (Å²) in [5.74, 6) is 0.446. The Morgan fingerprint density at radius 1 is 1.72 bits per heavy atom. The van der Waals surface area contributed by atoms with Crippen molar-refractivity contribution in [3.8, 4) is 0 Å². The Morgan fingerprint density at radius 2 is 2.56 bits per heavy atom. The molecular weight excluding hydrogens is 250 g/mol. The highest BCUT2D eigenvalue weighted by atomic mass is 32.1. The normalized spacial score (nSPS) is 23.2. The molecule has 0 aliphatic carbocycles. The van der Waals surface area contributed by atoms with Gasteiger partial charge in [0.15, 0.2) is 5.13 Å². The van der Waals surface area contributed by atoms with Gasteiger partial charge in [-0.15, -0.1) is 11.3 Å². The van der Waals surface area contributed by atoms with Crippen LogP contribution in [0.25, 0.3) is 0 Å². The van der Waals surface area contributed by atoms with Crippen molar-refractivity contribution in [3.05, 3.63) is 11.1 Å². The number of nitrogen functional groups attached to an aromatic ring is 1. The fourth-order valence-electron chi connectivity index (χ4n) is 2.25. The van der Waals surface area contributed by atoms with Crippen molar-refractivity contribution >= 4 is 22.4 Å². The van der Waals surface area contributed by atoms with E-state index >= 15 is 0 Å². The molecule has 0 saturated carbocycles. The molecule has 1 saturated heterocycles. The number of hydrogen-bond acceptors (Lipinski definition) is 5. The number of thiazole rings is 1. The molecule has 0 radical (unpaired) electrons. The second-order valence-corrected chi connectivity index (χ2v) is 5.41. The summed E-state index contributed by atoms with van der Waals surface area (Å²) in [6.07, 6.45) is 2.63. The van der Waals surface area contributed by atoms with Crippen LogP contribution < -0.4 is 11.1 Å². The predicted molar refractivity (Wildman–Crippen MR) is 71.4 cm³/mol. The van der Waals surface area contributed by atoms with Crippen molar-refractivity contribution < 1.29 is 9.53 Å². The maximum Gasteiger partial charge on any atom is 0.226 e. The number of anilines is 1. The Hall–Kier alpha value is -1.14. The first-order valence-corrected chi connectivity index (χ1v) is 7.15. The number of nitrogens with zero attached hydrogens (tertiary/aromatic N) is 1. The van der Waals surface area contributed by atoms with Crippen molar-refractivity contribution in [2.45, 2.75) is 32.3 Å². The van der Waals surface area contributed by atoms with Crippen LogP contribution in [0.1, 0.15) is 25.5 Å². The van der Waals surface area contributed by atoms with Crippen molar-refractivity contribution in [2.24, 2.45) is 5.92 Å². The Balaban J connectivity index is 1.74. The van der Waals surface area contributed by atoms with E-state index in [0.717, 1.165) is 25.1 Å². The van der Waals surface area contributed by atoms with E-state index in [1.807, 2.05) is 5.38 Å². The number of rotatable bonds is 5. The van der Waals surface area contributed by atoms with Crippen LogP contribution in [0.5, 0.6) is 0 Å². The van der Waals surface area contributed by atoms with Crippen LogP contribution in [0.2, 0.25) is 0 Å². The van der Waals surface area contributed by atoms with Gasteiger partial charge < -0.3 is 15.8 Å². The molecule has 2 unspecified atom stereocenters. The van der Waals surface area contributed by atoms with Gasteiger partial charge in [-0.25, -0.2) is 4.98 Å². The lowest BCUT2D eigenvalue weighted by Crippen LogP contribution is -2.33. The van der Waals surface area contributed by atoms with Crippen molar-refractivity contribution in [3.63, 3.8) is 0 Å². The first-order chi connectivity index (χ1) is 8.69. The fraction of sp³-hybridized carbons (Fsp3) is 0.667. The first kappa shape index (κ1) is 13.3. The molecule has 1 aliphatic rings. The van der Waals surface area contributed by atoms with E-state index < -0.39 is 0 Å². The van der Waals surface area contributed by atoms with E-state index in [2.05, 4.69) is 17.2 Å². The molecule has 0 spiro atoms. The van der Waals surface area contributed by atoms with E-state index in [9.17, 15) is 4.79 Å². The number of hydrogen-bond donors (Lipinski definition) is 2. The summed E-state index contributed by atoms with van der Waals surface area (Å²) < 4.78 is 5.59. The van der Waals surface area contributed by atoms with Crippen molar-refractivity contribution in [2.75, 3.05) is 18.9 Å². The zero-order chi connectivity index (χ0) is 13.0. The topological polar surface area (TPSA) is 77.2 Å². The first-order valence-electron chi connectivity index (χ1n) is 6.27. The number of nitrogens with two attached hydrogens (primary N) is 1. The van der Waals surface area contributed by atoms with E-state index in [1.54, 1.807) is 0 Å². The standard InChI is InChI=1S/C12H19N3O2S/c1-2-10-8(3-4-17-10)6-14-11(16)5-9-7-18-12(13)15-9/h7-8,10H,2-6H2,1H3,(H2,13,15)(H,14,16). The van der Waals surface area contributed by atoms with Crippen LogP contribution >= 0.6 is 11.3 Å². The molecule has 2 heterocycles. The Labute approximate surface area is 111 Å². The lowest BCUT2D eigenvalue weighted by molar-refractivity contribution is -0.120. The van der Waals surface area contributed by atoms with E-state index in [0.29, 0.717) is 30.1 Å². The second kappa shape index (κ2) is 6.15. The van der Waals surface area contributed by atoms with Crippen LogP contribution in [-0.4, -0.2) is 30.1 Å². The van der Waals surface area contributed by atoms with Crippen molar-refractivity contribution in [1.29, 1.82) is 0 Å². The molecule has 6 heteroatoms. The molecule has 3 N–H and O–H groups in total. The Morgan fingerprint density at radius 3 is 3.22 bits per heavy atom. The minimum atomic E-state index is 0.00190. The summed E-state index contributed by atoms with van der Waals surface area (Å²) in [6.45, 7) is 3.61. The molecule has 1 amide bonds. The number of carbonyl (C=O) groups excluding carboxylic acids is 1. The van der Waals surface area contributed by atoms with Crippen LogP contribution in [0, 0.1) is 5.92 Å². The number of amides is 1. The number of ether oxygens (including phenoxy) is 1. The number of aromatic nitrogens is 1. The van der Waals surface area contributed by atoms with E-state index in [4.69, 9.17) is 10.5 Å². The maximum absolute atomic E-state index is 11.7. The van der Waals surface area contributed by atoms with Crippen LogP contribution in [0.15, 0.2) is 5.38 Å². The molecule has 0 bridgehead atoms. The molecule has 5 nitrogen and oxygen atoms in total. The molecular formula is C12H19N3O2S. The molecule has 1 aromatic rings. The lowest BCUT2D eigenvalue weighted by Gasteiger charge is -2.16. The lowest BCUT2D eigenvalue weighted by atomic mass is 10.00. The molecule has 1 aliphatic heterocycles. The summed E-state index contributed by atoms with van der Waals surface area (Å²) in [5.41, 5.74) is 6.26. The monoisotopic (exact) mass is 269 g/mol. The average molecular weight is 269 g/mol. The predicted octanol–water partition coefficient (Wildman–Crippen LogP) is 1.20. The van der Waals surface area contributed by atoms with E-state index in [-0.39, 0.29) is 5.91 Å². The maximum atomic E-state index is 11.7. The van der Waals surface area contributed by atoms with Gasteiger partial charge in [0, 0.05) is 24.4 Å².